The van der Waals surface area contributed by atoms with Gasteiger partial charge >= 0.3 is 0 Å². The van der Waals surface area contributed by atoms with E-state index in [9.17, 15) is 0 Å². The molecule has 1 heterocycles. The van der Waals surface area contributed by atoms with Gasteiger partial charge in [0.15, 0.2) is 0 Å². The average molecular weight is 236 g/mol. The number of nitrogen functional groups attached to an aromatic ring is 1. The van der Waals surface area contributed by atoms with Crippen molar-refractivity contribution in [1.82, 2.24) is 9.97 Å². The first kappa shape index (κ1) is 13.7. The molecule has 0 atom stereocenters. The minimum absolute atomic E-state index is 0.551. The maximum Gasteiger partial charge on any atom is 0.133 e. The molecule has 1 rings (SSSR count). The van der Waals surface area contributed by atoms with Gasteiger partial charge < -0.3 is 11.1 Å². The van der Waals surface area contributed by atoms with E-state index in [0.29, 0.717) is 5.82 Å². The van der Waals surface area contributed by atoms with E-state index in [-0.39, 0.29) is 0 Å². The Morgan fingerprint density at radius 2 is 2.12 bits per heavy atom. The van der Waals surface area contributed by atoms with Gasteiger partial charge in [-0.1, -0.05) is 20.8 Å². The first-order valence-electron chi connectivity index (χ1n) is 6.49. The molecule has 96 valence electrons. The maximum absolute atomic E-state index is 5.75. The minimum Gasteiger partial charge on any atom is -0.384 e. The van der Waals surface area contributed by atoms with Crippen LogP contribution in [0.3, 0.4) is 0 Å². The molecule has 0 unspecified atom stereocenters. The zero-order valence-corrected chi connectivity index (χ0v) is 11.2. The Hall–Kier alpha value is -1.32. The zero-order valence-electron chi connectivity index (χ0n) is 11.2. The first-order chi connectivity index (χ1) is 8.11. The fourth-order valence-electron chi connectivity index (χ4n) is 1.67. The summed E-state index contributed by atoms with van der Waals surface area (Å²) in [6, 6.07) is 1.80. The van der Waals surface area contributed by atoms with Crippen LogP contribution in [0.5, 0.6) is 0 Å². The van der Waals surface area contributed by atoms with E-state index in [1.54, 1.807) is 6.07 Å². The predicted molar refractivity (Wildman–Crippen MR) is 73.0 cm³/mol. The molecule has 0 fully saturated rings. The minimum atomic E-state index is 0.551. The third-order valence-electron chi connectivity index (χ3n) is 2.53. The summed E-state index contributed by atoms with van der Waals surface area (Å²) in [6.07, 6.45) is 4.31. The van der Waals surface area contributed by atoms with Crippen molar-refractivity contribution in [2.75, 3.05) is 17.6 Å². The number of nitrogens with one attached hydrogen (secondary N) is 1. The van der Waals surface area contributed by atoms with E-state index in [1.807, 2.05) is 0 Å². The lowest BCUT2D eigenvalue weighted by molar-refractivity contribution is 0.566. The summed E-state index contributed by atoms with van der Waals surface area (Å²) in [6.45, 7) is 7.53. The lowest BCUT2D eigenvalue weighted by Gasteiger charge is -2.09. The van der Waals surface area contributed by atoms with Crippen LogP contribution in [-0.2, 0) is 6.42 Å². The number of hydrogen-bond acceptors (Lipinski definition) is 4. The molecule has 1 aromatic rings. The highest BCUT2D eigenvalue weighted by molar-refractivity contribution is 5.44. The van der Waals surface area contributed by atoms with Gasteiger partial charge in [-0.2, -0.15) is 0 Å². The van der Waals surface area contributed by atoms with Crippen LogP contribution in [0, 0.1) is 5.92 Å². The third kappa shape index (κ3) is 5.52. The zero-order chi connectivity index (χ0) is 12.7. The molecule has 0 aromatic carbocycles. The fraction of sp³-hybridized carbons (Fsp3) is 0.692. The van der Waals surface area contributed by atoms with E-state index < -0.39 is 0 Å². The van der Waals surface area contributed by atoms with Gasteiger partial charge in [-0.05, 0) is 25.2 Å². The fourth-order valence-corrected chi connectivity index (χ4v) is 1.67. The van der Waals surface area contributed by atoms with Crippen molar-refractivity contribution >= 4 is 11.6 Å². The highest BCUT2D eigenvalue weighted by Gasteiger charge is 2.02. The smallest absolute Gasteiger partial charge is 0.133 e. The molecule has 0 radical (unpaired) electrons. The Morgan fingerprint density at radius 1 is 1.35 bits per heavy atom. The molecule has 0 aliphatic rings. The summed E-state index contributed by atoms with van der Waals surface area (Å²) in [7, 11) is 0. The molecule has 4 nitrogen and oxygen atoms in total. The SMILES string of the molecule is CCCc1nc(N)cc(NCCCC(C)C)n1. The van der Waals surface area contributed by atoms with Crippen LogP contribution < -0.4 is 11.1 Å². The number of aryl methyl sites for hydroxylation is 1. The van der Waals surface area contributed by atoms with Gasteiger partial charge in [-0.15, -0.1) is 0 Å². The summed E-state index contributed by atoms with van der Waals surface area (Å²) in [5.74, 6) is 2.99. The highest BCUT2D eigenvalue weighted by Crippen LogP contribution is 2.10. The summed E-state index contributed by atoms with van der Waals surface area (Å²) in [5, 5.41) is 3.31. The Balaban J connectivity index is 2.46. The molecule has 1 aromatic heterocycles. The van der Waals surface area contributed by atoms with Crippen LogP contribution in [0.1, 0.15) is 45.9 Å². The van der Waals surface area contributed by atoms with Gasteiger partial charge in [0, 0.05) is 19.0 Å². The topological polar surface area (TPSA) is 63.8 Å². The quantitative estimate of drug-likeness (QED) is 0.714. The largest absolute Gasteiger partial charge is 0.384 e. The molecule has 0 aliphatic heterocycles. The molecule has 0 saturated heterocycles. The van der Waals surface area contributed by atoms with Gasteiger partial charge in [0.25, 0.3) is 0 Å². The summed E-state index contributed by atoms with van der Waals surface area (Å²) in [4.78, 5) is 8.64. The van der Waals surface area contributed by atoms with Crippen LogP contribution >= 0.6 is 0 Å². The molecule has 0 bridgehead atoms. The monoisotopic (exact) mass is 236 g/mol. The predicted octanol–water partition coefficient (Wildman–Crippen LogP) is 2.86. The number of rotatable bonds is 7. The standard InChI is InChI=1S/C13H24N4/c1-4-6-12-16-11(14)9-13(17-12)15-8-5-7-10(2)3/h9-10H,4-8H2,1-3H3,(H3,14,15,16,17). The van der Waals surface area contributed by atoms with Crippen molar-refractivity contribution < 1.29 is 0 Å². The van der Waals surface area contributed by atoms with E-state index in [1.165, 1.54) is 6.42 Å². The lowest BCUT2D eigenvalue weighted by Crippen LogP contribution is -2.08. The van der Waals surface area contributed by atoms with Crippen molar-refractivity contribution in [3.05, 3.63) is 11.9 Å². The van der Waals surface area contributed by atoms with E-state index in [2.05, 4.69) is 36.1 Å². The van der Waals surface area contributed by atoms with Gasteiger partial charge in [0.2, 0.25) is 0 Å². The normalized spacial score (nSPS) is 10.8. The lowest BCUT2D eigenvalue weighted by atomic mass is 10.1. The maximum atomic E-state index is 5.75. The van der Waals surface area contributed by atoms with Crippen molar-refractivity contribution in [3.8, 4) is 0 Å². The number of aromatic nitrogens is 2. The van der Waals surface area contributed by atoms with E-state index >= 15 is 0 Å². The van der Waals surface area contributed by atoms with Gasteiger partial charge in [0.05, 0.1) is 0 Å². The van der Waals surface area contributed by atoms with E-state index in [0.717, 1.165) is 43.4 Å². The molecule has 4 heteroatoms. The van der Waals surface area contributed by atoms with Crippen LogP contribution in [0.2, 0.25) is 0 Å². The summed E-state index contributed by atoms with van der Waals surface area (Å²) in [5.41, 5.74) is 5.75. The van der Waals surface area contributed by atoms with Crippen molar-refractivity contribution in [2.24, 2.45) is 5.92 Å². The van der Waals surface area contributed by atoms with Crippen LogP contribution in [0.25, 0.3) is 0 Å². The third-order valence-corrected chi connectivity index (χ3v) is 2.53. The molecular formula is C13H24N4. The van der Waals surface area contributed by atoms with Crippen LogP contribution in [0.4, 0.5) is 11.6 Å². The van der Waals surface area contributed by atoms with Crippen molar-refractivity contribution in [2.45, 2.75) is 46.5 Å². The molecule has 0 aliphatic carbocycles. The number of hydrogen-bond donors (Lipinski definition) is 2. The second kappa shape index (κ2) is 7.09. The molecule has 3 N–H and O–H groups in total. The van der Waals surface area contributed by atoms with Crippen LogP contribution in [-0.4, -0.2) is 16.5 Å². The summed E-state index contributed by atoms with van der Waals surface area (Å²) >= 11 is 0. The first-order valence-corrected chi connectivity index (χ1v) is 6.49. The Labute approximate surface area is 104 Å². The molecule has 0 spiro atoms. The summed E-state index contributed by atoms with van der Waals surface area (Å²) < 4.78 is 0. The Kier molecular flexibility index (Phi) is 5.73. The molecule has 0 amide bonds. The molecular weight excluding hydrogens is 212 g/mol. The second-order valence-electron chi connectivity index (χ2n) is 4.81. The Bertz CT molecular complexity index is 336. The second-order valence-corrected chi connectivity index (χ2v) is 4.81. The van der Waals surface area contributed by atoms with Crippen LogP contribution in [0.15, 0.2) is 6.07 Å². The van der Waals surface area contributed by atoms with Gasteiger partial charge in [0.1, 0.15) is 17.5 Å². The highest BCUT2D eigenvalue weighted by atomic mass is 15.0. The van der Waals surface area contributed by atoms with Gasteiger partial charge in [-0.25, -0.2) is 9.97 Å². The number of nitrogens with two attached hydrogens (primary N) is 1. The van der Waals surface area contributed by atoms with Crippen molar-refractivity contribution in [1.29, 1.82) is 0 Å². The Morgan fingerprint density at radius 3 is 2.76 bits per heavy atom. The molecule has 0 saturated carbocycles. The molecule has 17 heavy (non-hydrogen) atoms. The number of anilines is 2. The van der Waals surface area contributed by atoms with E-state index in [4.69, 9.17) is 5.73 Å². The van der Waals surface area contributed by atoms with Crippen molar-refractivity contribution in [3.63, 3.8) is 0 Å². The number of nitrogens with zero attached hydrogens (tertiary/aromatic N) is 2. The average Bonchev–Trinajstić information content (AvgIpc) is 2.24. The van der Waals surface area contributed by atoms with Gasteiger partial charge in [-0.3, -0.25) is 0 Å².